The zero-order valence-corrected chi connectivity index (χ0v) is 17.7. The van der Waals surface area contributed by atoms with Crippen LogP contribution in [-0.4, -0.2) is 22.6 Å². The highest BCUT2D eigenvalue weighted by molar-refractivity contribution is 6.33. The molecular weight excluding hydrogens is 417 g/mol. The topological polar surface area (TPSA) is 59.4 Å². The standard InChI is InChI=1S/C24H19ClFN3O2/c1-15(27-21-6-4-3-5-20(21)25)22-23(16-7-13-19(31-2)14-8-16)28-29(24(22)30)18-11-9-17(26)10-12-18/h3-14,28H,1-2H3. The van der Waals surface area contributed by atoms with Crippen LogP contribution in [0.5, 0.6) is 5.75 Å². The SMILES string of the molecule is COc1ccc(-c2[nH]n(-c3ccc(F)cc3)c(=O)c2C(C)=Nc2ccccc2Cl)cc1. The number of ether oxygens (including phenoxy) is 1. The van der Waals surface area contributed by atoms with Crippen molar-refractivity contribution in [3.05, 3.63) is 99.6 Å². The monoisotopic (exact) mass is 435 g/mol. The highest BCUT2D eigenvalue weighted by atomic mass is 35.5. The minimum atomic E-state index is -0.379. The Bertz CT molecular complexity index is 1310. The molecule has 0 fully saturated rings. The Balaban J connectivity index is 1.92. The van der Waals surface area contributed by atoms with E-state index in [1.807, 2.05) is 36.4 Å². The minimum Gasteiger partial charge on any atom is -0.497 e. The Kier molecular flexibility index (Phi) is 5.73. The number of halogens is 2. The molecule has 156 valence electrons. The number of methoxy groups -OCH3 is 1. The maximum atomic E-state index is 13.4. The molecule has 4 rings (SSSR count). The minimum absolute atomic E-state index is 0.300. The van der Waals surface area contributed by atoms with Crippen LogP contribution in [0.4, 0.5) is 10.1 Å². The predicted octanol–water partition coefficient (Wildman–Crippen LogP) is 5.77. The first kappa shape index (κ1) is 20.6. The van der Waals surface area contributed by atoms with Gasteiger partial charge in [-0.2, -0.15) is 0 Å². The molecule has 0 unspecified atom stereocenters. The molecule has 1 heterocycles. The lowest BCUT2D eigenvalue weighted by Gasteiger charge is -2.05. The zero-order valence-electron chi connectivity index (χ0n) is 16.9. The Hall–Kier alpha value is -3.64. The average Bonchev–Trinajstić information content (AvgIpc) is 3.13. The van der Waals surface area contributed by atoms with Gasteiger partial charge in [0.25, 0.3) is 5.56 Å². The number of para-hydroxylation sites is 1. The first-order valence-corrected chi connectivity index (χ1v) is 9.91. The van der Waals surface area contributed by atoms with Gasteiger partial charge in [0, 0.05) is 5.56 Å². The van der Waals surface area contributed by atoms with E-state index in [1.54, 1.807) is 26.2 Å². The molecular formula is C24H19ClFN3O2. The van der Waals surface area contributed by atoms with Gasteiger partial charge in [-0.15, -0.1) is 0 Å². The van der Waals surface area contributed by atoms with Gasteiger partial charge in [-0.25, -0.2) is 9.07 Å². The Morgan fingerprint density at radius 2 is 1.71 bits per heavy atom. The predicted molar refractivity (Wildman–Crippen MR) is 122 cm³/mol. The summed E-state index contributed by atoms with van der Waals surface area (Å²) in [4.78, 5) is 18.0. The second kappa shape index (κ2) is 8.62. The van der Waals surface area contributed by atoms with Crippen molar-refractivity contribution in [2.24, 2.45) is 4.99 Å². The van der Waals surface area contributed by atoms with Crippen molar-refractivity contribution in [1.82, 2.24) is 9.78 Å². The molecule has 0 spiro atoms. The maximum absolute atomic E-state index is 13.4. The van der Waals surface area contributed by atoms with Crippen molar-refractivity contribution in [2.45, 2.75) is 6.92 Å². The summed E-state index contributed by atoms with van der Waals surface area (Å²) in [5.74, 6) is 0.322. The second-order valence-corrected chi connectivity index (χ2v) is 7.26. The molecule has 0 saturated heterocycles. The number of nitrogens with one attached hydrogen (secondary N) is 1. The first-order valence-electron chi connectivity index (χ1n) is 9.53. The molecule has 1 N–H and O–H groups in total. The van der Waals surface area contributed by atoms with Gasteiger partial charge in [0.2, 0.25) is 0 Å². The first-order chi connectivity index (χ1) is 15.0. The normalized spacial score (nSPS) is 11.5. The fourth-order valence-corrected chi connectivity index (χ4v) is 3.47. The van der Waals surface area contributed by atoms with E-state index in [2.05, 4.69) is 10.1 Å². The number of nitrogens with zero attached hydrogens (tertiary/aromatic N) is 2. The van der Waals surface area contributed by atoms with Gasteiger partial charge in [0.15, 0.2) is 0 Å². The third kappa shape index (κ3) is 4.15. The molecule has 0 radical (unpaired) electrons. The number of rotatable bonds is 5. The van der Waals surface area contributed by atoms with Gasteiger partial charge in [-0.05, 0) is 67.6 Å². The number of hydrogen-bond donors (Lipinski definition) is 1. The van der Waals surface area contributed by atoms with E-state index in [4.69, 9.17) is 16.3 Å². The van der Waals surface area contributed by atoms with Gasteiger partial charge >= 0.3 is 0 Å². The molecule has 0 aliphatic rings. The lowest BCUT2D eigenvalue weighted by Crippen LogP contribution is -2.19. The van der Waals surface area contributed by atoms with Crippen LogP contribution in [-0.2, 0) is 0 Å². The van der Waals surface area contributed by atoms with E-state index in [0.29, 0.717) is 39.1 Å². The molecule has 4 aromatic rings. The van der Waals surface area contributed by atoms with Crippen LogP contribution in [0.2, 0.25) is 5.02 Å². The fourth-order valence-electron chi connectivity index (χ4n) is 3.29. The number of aromatic amines is 1. The summed E-state index contributed by atoms with van der Waals surface area (Å²) in [7, 11) is 1.59. The van der Waals surface area contributed by atoms with Crippen molar-refractivity contribution >= 4 is 23.0 Å². The molecule has 0 bridgehead atoms. The van der Waals surface area contributed by atoms with Crippen LogP contribution in [0.3, 0.4) is 0 Å². The summed E-state index contributed by atoms with van der Waals surface area (Å²) < 4.78 is 20.0. The molecule has 0 aliphatic heterocycles. The maximum Gasteiger partial charge on any atom is 0.280 e. The molecule has 3 aromatic carbocycles. The van der Waals surface area contributed by atoms with Crippen LogP contribution in [0.25, 0.3) is 16.9 Å². The lowest BCUT2D eigenvalue weighted by molar-refractivity contribution is 0.415. The number of hydrogen-bond acceptors (Lipinski definition) is 3. The lowest BCUT2D eigenvalue weighted by atomic mass is 10.0. The number of H-pyrrole nitrogens is 1. The van der Waals surface area contributed by atoms with Crippen LogP contribution in [0, 0.1) is 5.82 Å². The number of aromatic nitrogens is 2. The van der Waals surface area contributed by atoms with Crippen molar-refractivity contribution in [1.29, 1.82) is 0 Å². The summed E-state index contributed by atoms with van der Waals surface area (Å²) in [6.07, 6.45) is 0. The van der Waals surface area contributed by atoms with Crippen LogP contribution < -0.4 is 10.3 Å². The van der Waals surface area contributed by atoms with Gasteiger partial charge in [0.1, 0.15) is 11.6 Å². The zero-order chi connectivity index (χ0) is 22.0. The second-order valence-electron chi connectivity index (χ2n) is 6.86. The summed E-state index contributed by atoms with van der Waals surface area (Å²) in [6, 6.07) is 20.2. The van der Waals surface area contributed by atoms with Gasteiger partial charge < -0.3 is 4.74 Å². The molecule has 0 atom stereocenters. The Morgan fingerprint density at radius 1 is 1.03 bits per heavy atom. The van der Waals surface area contributed by atoms with E-state index < -0.39 is 0 Å². The van der Waals surface area contributed by atoms with E-state index >= 15 is 0 Å². The van der Waals surface area contributed by atoms with E-state index in [0.717, 1.165) is 5.56 Å². The molecule has 1 aromatic heterocycles. The highest BCUT2D eigenvalue weighted by Gasteiger charge is 2.20. The Morgan fingerprint density at radius 3 is 2.35 bits per heavy atom. The smallest absolute Gasteiger partial charge is 0.280 e. The Labute approximate surface area is 183 Å². The van der Waals surface area contributed by atoms with Crippen molar-refractivity contribution in [3.8, 4) is 22.7 Å². The highest BCUT2D eigenvalue weighted by Crippen LogP contribution is 2.28. The van der Waals surface area contributed by atoms with Gasteiger partial charge in [-0.3, -0.25) is 14.9 Å². The molecule has 7 heteroatoms. The van der Waals surface area contributed by atoms with Crippen molar-refractivity contribution < 1.29 is 9.13 Å². The van der Waals surface area contributed by atoms with Gasteiger partial charge in [0.05, 0.1) is 40.5 Å². The summed E-state index contributed by atoms with van der Waals surface area (Å²) in [6.45, 7) is 1.76. The summed E-state index contributed by atoms with van der Waals surface area (Å²) in [5, 5.41) is 3.64. The quantitative estimate of drug-likeness (QED) is 0.404. The molecule has 0 saturated carbocycles. The largest absolute Gasteiger partial charge is 0.497 e. The fraction of sp³-hybridized carbons (Fsp3) is 0.0833. The van der Waals surface area contributed by atoms with Crippen molar-refractivity contribution in [2.75, 3.05) is 7.11 Å². The van der Waals surface area contributed by atoms with Crippen LogP contribution in [0.15, 0.2) is 82.6 Å². The van der Waals surface area contributed by atoms with Crippen LogP contribution in [0.1, 0.15) is 12.5 Å². The summed E-state index contributed by atoms with van der Waals surface area (Å²) >= 11 is 6.25. The third-order valence-corrected chi connectivity index (χ3v) is 5.18. The molecule has 5 nitrogen and oxygen atoms in total. The average molecular weight is 436 g/mol. The molecule has 0 amide bonds. The number of benzene rings is 3. The van der Waals surface area contributed by atoms with Crippen molar-refractivity contribution in [3.63, 3.8) is 0 Å². The van der Waals surface area contributed by atoms with Crippen LogP contribution >= 0.6 is 11.6 Å². The van der Waals surface area contributed by atoms with E-state index in [-0.39, 0.29) is 11.4 Å². The van der Waals surface area contributed by atoms with Gasteiger partial charge in [-0.1, -0.05) is 23.7 Å². The number of aliphatic imine (C=N–C) groups is 1. The van der Waals surface area contributed by atoms with E-state index in [9.17, 15) is 9.18 Å². The third-order valence-electron chi connectivity index (χ3n) is 4.86. The molecule has 31 heavy (non-hydrogen) atoms. The molecule has 0 aliphatic carbocycles. The summed E-state index contributed by atoms with van der Waals surface area (Å²) in [5.41, 5.74) is 3.04. The van der Waals surface area contributed by atoms with E-state index in [1.165, 1.54) is 28.9 Å².